The maximum Gasteiger partial charge on any atom is 0.508 e. The second kappa shape index (κ2) is 13.8. The van der Waals surface area contributed by atoms with Gasteiger partial charge < -0.3 is 19.4 Å². The first kappa shape index (κ1) is 28.3. The first-order valence-corrected chi connectivity index (χ1v) is 12.9. The van der Waals surface area contributed by atoms with E-state index in [1.807, 2.05) is 0 Å². The molecule has 0 aromatic heterocycles. The predicted octanol–water partition coefficient (Wildman–Crippen LogP) is 4.01. The predicted molar refractivity (Wildman–Crippen MR) is 129 cm³/mol. The summed E-state index contributed by atoms with van der Waals surface area (Å²) in [6.45, 7) is -0.364. The fourth-order valence-electron chi connectivity index (χ4n) is 3.26. The molecule has 0 atom stereocenters. The highest BCUT2D eigenvalue weighted by atomic mass is 32.2. The number of sulfone groups is 1. The van der Waals surface area contributed by atoms with Gasteiger partial charge in [0.2, 0.25) is 0 Å². The van der Waals surface area contributed by atoms with Crippen LogP contribution in [0, 0.1) is 10.1 Å². The number of carbonyl (C=O) groups excluding carboxylic acids is 1. The number of unbranched alkanes of at least 4 members (excludes halogenated alkanes) is 3. The van der Waals surface area contributed by atoms with E-state index in [1.54, 1.807) is 30.3 Å². The molecule has 0 bridgehead atoms. The van der Waals surface area contributed by atoms with Crippen molar-refractivity contribution >= 4 is 33.1 Å². The summed E-state index contributed by atoms with van der Waals surface area (Å²) in [4.78, 5) is 38.6. The van der Waals surface area contributed by atoms with Crippen molar-refractivity contribution in [2.75, 3.05) is 26.1 Å². The van der Waals surface area contributed by atoms with Gasteiger partial charge in [0, 0.05) is 11.8 Å². The number of carbonyl (C=O) groups is 2. The lowest BCUT2D eigenvalue weighted by atomic mass is 9.95. The molecule has 194 valence electrons. The molecule has 2 aromatic rings. The van der Waals surface area contributed by atoms with Crippen LogP contribution >= 0.6 is 0 Å². The average molecular weight is 522 g/mol. The third-order valence-electron chi connectivity index (χ3n) is 5.00. The van der Waals surface area contributed by atoms with Crippen LogP contribution in [0.4, 0.5) is 4.79 Å². The van der Waals surface area contributed by atoms with Crippen LogP contribution < -0.4 is 0 Å². The van der Waals surface area contributed by atoms with E-state index in [-0.39, 0.29) is 29.3 Å². The molecule has 0 fully saturated rings. The quantitative estimate of drug-likeness (QED) is 0.0961. The second-order valence-electron chi connectivity index (χ2n) is 7.68. The fraction of sp³-hybridized carbons (Fsp3) is 0.333. The summed E-state index contributed by atoms with van der Waals surface area (Å²) in [5.41, 5.74) is 0.808. The van der Waals surface area contributed by atoms with Gasteiger partial charge in [0.15, 0.2) is 9.84 Å². The van der Waals surface area contributed by atoms with Crippen LogP contribution in [-0.2, 0) is 28.9 Å². The Bertz CT molecular complexity index is 1180. The summed E-state index contributed by atoms with van der Waals surface area (Å²) < 4.78 is 33.8. The van der Waals surface area contributed by atoms with Gasteiger partial charge in [-0.05, 0) is 42.5 Å². The molecule has 0 saturated heterocycles. The molecule has 12 heteroatoms. The van der Waals surface area contributed by atoms with Crippen LogP contribution in [0.15, 0.2) is 59.5 Å². The van der Waals surface area contributed by atoms with E-state index >= 15 is 0 Å². The van der Waals surface area contributed by atoms with Gasteiger partial charge in [-0.15, -0.1) is 10.1 Å². The van der Waals surface area contributed by atoms with Crippen molar-refractivity contribution in [2.24, 2.45) is 0 Å². The Kier molecular flexibility index (Phi) is 10.9. The van der Waals surface area contributed by atoms with Crippen molar-refractivity contribution in [1.82, 2.24) is 0 Å². The van der Waals surface area contributed by atoms with Crippen LogP contribution in [0.5, 0.6) is 0 Å². The zero-order valence-electron chi connectivity index (χ0n) is 19.6. The molecule has 2 aromatic carbocycles. The zero-order chi connectivity index (χ0) is 26.6. The summed E-state index contributed by atoms with van der Waals surface area (Å²) in [7, 11) is -3.46. The van der Waals surface area contributed by atoms with Crippen molar-refractivity contribution in [2.45, 2.75) is 30.6 Å². The Labute approximate surface area is 208 Å². The van der Waals surface area contributed by atoms with E-state index in [1.165, 1.54) is 24.3 Å². The van der Waals surface area contributed by atoms with Gasteiger partial charge in [-0.2, -0.15) is 0 Å². The third kappa shape index (κ3) is 9.37. The molecule has 0 aliphatic rings. The Morgan fingerprint density at radius 2 is 1.50 bits per heavy atom. The summed E-state index contributed by atoms with van der Waals surface area (Å²) in [6, 6.07) is 13.9. The largest absolute Gasteiger partial charge is 0.508 e. The van der Waals surface area contributed by atoms with Gasteiger partial charge in [0.25, 0.3) is 5.09 Å². The topological polar surface area (TPSA) is 159 Å². The maximum atomic E-state index is 12.2. The van der Waals surface area contributed by atoms with E-state index in [0.717, 1.165) is 6.26 Å². The van der Waals surface area contributed by atoms with Gasteiger partial charge in [0.1, 0.15) is 6.61 Å². The average Bonchev–Trinajstić information content (AvgIpc) is 2.83. The molecular weight excluding hydrogens is 494 g/mol. The molecule has 0 aliphatic carbocycles. The minimum Gasteiger partial charge on any atom is -0.478 e. The zero-order valence-corrected chi connectivity index (χ0v) is 20.4. The first-order valence-electron chi connectivity index (χ1n) is 11.0. The lowest BCUT2D eigenvalue weighted by Crippen LogP contribution is -2.13. The van der Waals surface area contributed by atoms with Gasteiger partial charge in [-0.1, -0.05) is 48.9 Å². The van der Waals surface area contributed by atoms with Crippen LogP contribution in [0.3, 0.4) is 0 Å². The van der Waals surface area contributed by atoms with E-state index in [0.29, 0.717) is 36.8 Å². The van der Waals surface area contributed by atoms with Crippen molar-refractivity contribution in [3.8, 4) is 0 Å². The monoisotopic (exact) mass is 521 g/mol. The standard InChI is InChI=1S/C24H27NO10S/c1-36(31,32)20-13-11-18(12-14-20)21(22(23(26)27)19-9-5-4-6-10-19)17-34-24(28)33-15-7-2-3-8-16-35-25(29)30/h4-6,9-14H,2-3,7-8,15-17H2,1H3,(H,26,27)/b22-21+. The third-order valence-corrected chi connectivity index (χ3v) is 6.13. The molecule has 0 radical (unpaired) electrons. The molecule has 0 aliphatic heterocycles. The highest BCUT2D eigenvalue weighted by molar-refractivity contribution is 7.90. The summed E-state index contributed by atoms with van der Waals surface area (Å²) in [6.07, 6.45) is 2.38. The highest BCUT2D eigenvalue weighted by Crippen LogP contribution is 2.28. The SMILES string of the molecule is CS(=O)(=O)c1ccc(/C(COC(=O)OCCCCCCO[N+](=O)[O-])=C(/C(=O)O)c2ccccc2)cc1. The number of hydrogen-bond donors (Lipinski definition) is 1. The molecule has 0 amide bonds. The molecule has 2 rings (SSSR count). The number of hydrogen-bond acceptors (Lipinski definition) is 9. The number of nitrogens with zero attached hydrogens (tertiary/aromatic N) is 1. The number of aliphatic carboxylic acids is 1. The van der Waals surface area contributed by atoms with Gasteiger partial charge in [-0.3, -0.25) is 0 Å². The van der Waals surface area contributed by atoms with Gasteiger partial charge >= 0.3 is 12.1 Å². The van der Waals surface area contributed by atoms with E-state index in [4.69, 9.17) is 9.47 Å². The van der Waals surface area contributed by atoms with Crippen molar-refractivity contribution < 1.29 is 42.5 Å². The van der Waals surface area contributed by atoms with Gasteiger partial charge in [-0.25, -0.2) is 18.0 Å². The van der Waals surface area contributed by atoms with E-state index in [9.17, 15) is 33.2 Å². The molecule has 11 nitrogen and oxygen atoms in total. The second-order valence-corrected chi connectivity index (χ2v) is 9.70. The summed E-state index contributed by atoms with van der Waals surface area (Å²) in [5, 5.41) is 19.2. The van der Waals surface area contributed by atoms with Crippen molar-refractivity contribution in [1.29, 1.82) is 0 Å². The van der Waals surface area contributed by atoms with E-state index < -0.39 is 33.7 Å². The molecular formula is C24H27NO10S. The van der Waals surface area contributed by atoms with Crippen LogP contribution in [0.25, 0.3) is 11.1 Å². The van der Waals surface area contributed by atoms with Gasteiger partial charge in [0.05, 0.1) is 23.7 Å². The highest BCUT2D eigenvalue weighted by Gasteiger charge is 2.21. The molecule has 1 N–H and O–H groups in total. The van der Waals surface area contributed by atoms with Crippen LogP contribution in [0.1, 0.15) is 36.8 Å². The molecule has 0 saturated carbocycles. The minimum atomic E-state index is -3.46. The number of ether oxygens (including phenoxy) is 2. The summed E-state index contributed by atoms with van der Waals surface area (Å²) >= 11 is 0. The maximum absolute atomic E-state index is 12.2. The molecule has 0 unspecified atom stereocenters. The Balaban J connectivity index is 2.10. The minimum absolute atomic E-state index is 0.00347. The fourth-order valence-corrected chi connectivity index (χ4v) is 3.89. The number of benzene rings is 2. The van der Waals surface area contributed by atoms with Crippen LogP contribution in [-0.4, -0.2) is 56.8 Å². The summed E-state index contributed by atoms with van der Waals surface area (Å²) in [5.74, 6) is -1.25. The Hall–Kier alpha value is -3.93. The van der Waals surface area contributed by atoms with Crippen molar-refractivity contribution in [3.05, 3.63) is 75.8 Å². The smallest absolute Gasteiger partial charge is 0.478 e. The van der Waals surface area contributed by atoms with E-state index in [2.05, 4.69) is 4.84 Å². The molecule has 0 heterocycles. The number of rotatable bonds is 14. The number of carboxylic acid groups (broad SMARTS) is 1. The number of carboxylic acids is 1. The lowest BCUT2D eigenvalue weighted by molar-refractivity contribution is -0.757. The van der Waals surface area contributed by atoms with Crippen LogP contribution in [0.2, 0.25) is 0 Å². The first-order chi connectivity index (χ1) is 17.1. The molecule has 0 spiro atoms. The normalized spacial score (nSPS) is 11.8. The molecule has 36 heavy (non-hydrogen) atoms. The Morgan fingerprint density at radius 3 is 2.06 bits per heavy atom. The Morgan fingerprint density at radius 1 is 0.889 bits per heavy atom. The van der Waals surface area contributed by atoms with Crippen molar-refractivity contribution in [3.63, 3.8) is 0 Å². The lowest BCUT2D eigenvalue weighted by Gasteiger charge is -2.14.